The van der Waals surface area contributed by atoms with Crippen LogP contribution < -0.4 is 10.1 Å². The Morgan fingerprint density at radius 3 is 2.68 bits per heavy atom. The predicted molar refractivity (Wildman–Crippen MR) is 71.7 cm³/mol. The van der Waals surface area contributed by atoms with Gasteiger partial charge in [-0.05, 0) is 24.5 Å². The Bertz CT molecular complexity index is 527. The van der Waals surface area contributed by atoms with Crippen LogP contribution in [0, 0.1) is 5.92 Å². The van der Waals surface area contributed by atoms with Crippen LogP contribution in [-0.2, 0) is 14.6 Å². The van der Waals surface area contributed by atoms with Crippen LogP contribution in [-0.4, -0.2) is 39.0 Å². The third-order valence-corrected chi connectivity index (χ3v) is 4.86. The minimum absolute atomic E-state index is 0.0330. The Balaban J connectivity index is 1.68. The molecule has 0 saturated carbocycles. The molecule has 0 aromatic heterocycles. The van der Waals surface area contributed by atoms with Gasteiger partial charge in [0.2, 0.25) is 0 Å². The van der Waals surface area contributed by atoms with E-state index in [9.17, 15) is 13.2 Å². The summed E-state index contributed by atoms with van der Waals surface area (Å²) in [6, 6.07) is 9.08. The molecule has 2 rings (SSSR count). The molecular formula is C13H17NO4S. The number of ether oxygens (including phenoxy) is 1. The predicted octanol–water partition coefficient (Wildman–Crippen LogP) is 0.616. The number of carbonyl (C=O) groups is 1. The van der Waals surface area contributed by atoms with Gasteiger partial charge in [-0.2, -0.15) is 0 Å². The van der Waals surface area contributed by atoms with Crippen molar-refractivity contribution in [1.29, 1.82) is 0 Å². The van der Waals surface area contributed by atoms with Crippen molar-refractivity contribution in [3.63, 3.8) is 0 Å². The molecule has 1 aliphatic heterocycles. The van der Waals surface area contributed by atoms with E-state index in [1.165, 1.54) is 0 Å². The number of rotatable bonds is 5. The summed E-state index contributed by atoms with van der Waals surface area (Å²) in [6.45, 7) is 0.347. The van der Waals surface area contributed by atoms with E-state index in [-0.39, 0.29) is 29.9 Å². The summed E-state index contributed by atoms with van der Waals surface area (Å²) >= 11 is 0. The SMILES string of the molecule is O=C(COc1ccccc1)NCC1CCS(=O)(=O)C1. The fraction of sp³-hybridized carbons (Fsp3) is 0.462. The highest BCUT2D eigenvalue weighted by Gasteiger charge is 2.27. The molecule has 1 aromatic rings. The molecule has 1 atom stereocenters. The van der Waals surface area contributed by atoms with Crippen LogP contribution in [0.1, 0.15) is 6.42 Å². The molecule has 1 fully saturated rings. The van der Waals surface area contributed by atoms with E-state index in [2.05, 4.69) is 5.32 Å². The van der Waals surface area contributed by atoms with E-state index in [1.807, 2.05) is 18.2 Å². The van der Waals surface area contributed by atoms with Crippen molar-refractivity contribution in [2.24, 2.45) is 5.92 Å². The van der Waals surface area contributed by atoms with Crippen LogP contribution >= 0.6 is 0 Å². The van der Waals surface area contributed by atoms with Crippen molar-refractivity contribution < 1.29 is 17.9 Å². The molecule has 0 spiro atoms. The van der Waals surface area contributed by atoms with E-state index in [4.69, 9.17) is 4.74 Å². The number of sulfone groups is 1. The molecule has 0 radical (unpaired) electrons. The Hall–Kier alpha value is -1.56. The Morgan fingerprint density at radius 2 is 2.05 bits per heavy atom. The number of hydrogen-bond donors (Lipinski definition) is 1. The summed E-state index contributed by atoms with van der Waals surface area (Å²) in [6.07, 6.45) is 0.627. The molecule has 1 N–H and O–H groups in total. The molecule has 104 valence electrons. The van der Waals surface area contributed by atoms with Crippen molar-refractivity contribution in [3.8, 4) is 5.75 Å². The highest BCUT2D eigenvalue weighted by atomic mass is 32.2. The molecule has 1 saturated heterocycles. The maximum Gasteiger partial charge on any atom is 0.257 e. The van der Waals surface area contributed by atoms with Gasteiger partial charge in [0, 0.05) is 6.54 Å². The zero-order valence-corrected chi connectivity index (χ0v) is 11.4. The van der Waals surface area contributed by atoms with Gasteiger partial charge in [0.05, 0.1) is 11.5 Å². The first-order valence-corrected chi connectivity index (χ1v) is 8.02. The average Bonchev–Trinajstić information content (AvgIpc) is 2.75. The summed E-state index contributed by atoms with van der Waals surface area (Å²) in [7, 11) is -2.88. The number of hydrogen-bond acceptors (Lipinski definition) is 4. The van der Waals surface area contributed by atoms with Gasteiger partial charge in [-0.3, -0.25) is 4.79 Å². The summed E-state index contributed by atoms with van der Waals surface area (Å²) in [5.41, 5.74) is 0. The standard InChI is InChI=1S/C13H17NO4S/c15-13(9-18-12-4-2-1-3-5-12)14-8-11-6-7-19(16,17)10-11/h1-5,11H,6-10H2,(H,14,15). The zero-order chi connectivity index (χ0) is 13.7. The third kappa shape index (κ3) is 4.55. The molecule has 19 heavy (non-hydrogen) atoms. The maximum absolute atomic E-state index is 11.5. The second-order valence-electron chi connectivity index (χ2n) is 4.67. The van der Waals surface area contributed by atoms with Crippen LogP contribution in [0.5, 0.6) is 5.75 Å². The van der Waals surface area contributed by atoms with Crippen LogP contribution in [0.3, 0.4) is 0 Å². The first kappa shape index (κ1) is 13.9. The van der Waals surface area contributed by atoms with E-state index < -0.39 is 9.84 Å². The lowest BCUT2D eigenvalue weighted by molar-refractivity contribution is -0.123. The van der Waals surface area contributed by atoms with Gasteiger partial charge in [-0.1, -0.05) is 18.2 Å². The fourth-order valence-electron chi connectivity index (χ4n) is 2.01. The van der Waals surface area contributed by atoms with E-state index >= 15 is 0 Å². The van der Waals surface area contributed by atoms with E-state index in [0.29, 0.717) is 18.7 Å². The van der Waals surface area contributed by atoms with Crippen molar-refractivity contribution in [1.82, 2.24) is 5.32 Å². The molecule has 6 heteroatoms. The molecule has 1 unspecified atom stereocenters. The second kappa shape index (κ2) is 6.06. The monoisotopic (exact) mass is 283 g/mol. The number of benzene rings is 1. The molecular weight excluding hydrogens is 266 g/mol. The second-order valence-corrected chi connectivity index (χ2v) is 6.90. The highest BCUT2D eigenvalue weighted by Crippen LogP contribution is 2.17. The summed E-state index contributed by atoms with van der Waals surface area (Å²) in [5.74, 6) is 0.848. The normalized spacial score (nSPS) is 20.9. The lowest BCUT2D eigenvalue weighted by Gasteiger charge is -2.10. The van der Waals surface area contributed by atoms with Gasteiger partial charge in [0.1, 0.15) is 5.75 Å². The molecule has 1 aromatic carbocycles. The molecule has 0 bridgehead atoms. The minimum atomic E-state index is -2.88. The smallest absolute Gasteiger partial charge is 0.257 e. The maximum atomic E-state index is 11.5. The number of carbonyl (C=O) groups excluding carboxylic acids is 1. The summed E-state index contributed by atoms with van der Waals surface area (Å²) in [5, 5.41) is 2.70. The van der Waals surface area contributed by atoms with Gasteiger partial charge < -0.3 is 10.1 Å². The lowest BCUT2D eigenvalue weighted by Crippen LogP contribution is -2.33. The minimum Gasteiger partial charge on any atom is -0.484 e. The third-order valence-electron chi connectivity index (χ3n) is 3.03. The Labute approximate surface area is 112 Å². The van der Waals surface area contributed by atoms with Crippen molar-refractivity contribution in [2.75, 3.05) is 24.7 Å². The summed E-state index contributed by atoms with van der Waals surface area (Å²) in [4.78, 5) is 11.5. The van der Waals surface area contributed by atoms with Crippen molar-refractivity contribution in [3.05, 3.63) is 30.3 Å². The van der Waals surface area contributed by atoms with Gasteiger partial charge in [-0.15, -0.1) is 0 Å². The highest BCUT2D eigenvalue weighted by molar-refractivity contribution is 7.91. The zero-order valence-electron chi connectivity index (χ0n) is 10.5. The first-order valence-electron chi connectivity index (χ1n) is 6.20. The topological polar surface area (TPSA) is 72.5 Å². The van der Waals surface area contributed by atoms with Gasteiger partial charge in [0.15, 0.2) is 16.4 Å². The first-order chi connectivity index (χ1) is 9.05. The Kier molecular flexibility index (Phi) is 4.42. The van der Waals surface area contributed by atoms with Crippen LogP contribution in [0.25, 0.3) is 0 Å². The number of amides is 1. The van der Waals surface area contributed by atoms with Crippen molar-refractivity contribution >= 4 is 15.7 Å². The molecule has 5 nitrogen and oxygen atoms in total. The number of nitrogens with one attached hydrogen (secondary N) is 1. The van der Waals surface area contributed by atoms with E-state index in [1.54, 1.807) is 12.1 Å². The average molecular weight is 283 g/mol. The fourth-order valence-corrected chi connectivity index (χ4v) is 3.87. The van der Waals surface area contributed by atoms with Gasteiger partial charge >= 0.3 is 0 Å². The van der Waals surface area contributed by atoms with Crippen LogP contribution in [0.15, 0.2) is 30.3 Å². The number of para-hydroxylation sites is 1. The molecule has 0 aliphatic carbocycles. The largest absolute Gasteiger partial charge is 0.484 e. The molecule has 1 heterocycles. The Morgan fingerprint density at radius 1 is 1.32 bits per heavy atom. The van der Waals surface area contributed by atoms with Crippen molar-refractivity contribution in [2.45, 2.75) is 6.42 Å². The van der Waals surface area contributed by atoms with Crippen LogP contribution in [0.4, 0.5) is 0 Å². The lowest BCUT2D eigenvalue weighted by atomic mass is 10.1. The quantitative estimate of drug-likeness (QED) is 0.859. The van der Waals surface area contributed by atoms with Crippen LogP contribution in [0.2, 0.25) is 0 Å². The molecule has 1 amide bonds. The molecule has 1 aliphatic rings. The summed E-state index contributed by atoms with van der Waals surface area (Å²) < 4.78 is 27.8. The van der Waals surface area contributed by atoms with Gasteiger partial charge in [0.25, 0.3) is 5.91 Å². The van der Waals surface area contributed by atoms with Gasteiger partial charge in [-0.25, -0.2) is 8.42 Å². The van der Waals surface area contributed by atoms with E-state index in [0.717, 1.165) is 0 Å².